The highest BCUT2D eigenvalue weighted by atomic mass is 19.4. The molecule has 0 aromatic heterocycles. The Morgan fingerprint density at radius 1 is 1.17 bits per heavy atom. The predicted octanol–water partition coefficient (Wildman–Crippen LogP) is 2.01. The second kappa shape index (κ2) is 8.52. The van der Waals surface area contributed by atoms with Crippen LogP contribution in [0.15, 0.2) is 24.3 Å². The number of rotatable bonds is 7. The van der Waals surface area contributed by atoms with E-state index in [0.717, 1.165) is 0 Å². The molecule has 1 rings (SSSR count). The van der Waals surface area contributed by atoms with Gasteiger partial charge in [0.1, 0.15) is 6.42 Å². The normalized spacial score (nSPS) is 12.6. The Bertz CT molecular complexity index is 526. The molecule has 2 amide bonds. The molecular formula is C15H19F3N2O3. The molecule has 128 valence electrons. The van der Waals surface area contributed by atoms with Crippen molar-refractivity contribution in [2.75, 3.05) is 11.9 Å². The van der Waals surface area contributed by atoms with Gasteiger partial charge >= 0.3 is 6.18 Å². The van der Waals surface area contributed by atoms with Crippen LogP contribution in [0.4, 0.5) is 18.9 Å². The zero-order chi connectivity index (χ0) is 17.5. The van der Waals surface area contributed by atoms with Crippen LogP contribution in [-0.2, 0) is 16.0 Å². The van der Waals surface area contributed by atoms with E-state index < -0.39 is 18.5 Å². The van der Waals surface area contributed by atoms with E-state index in [-0.39, 0.29) is 30.7 Å². The number of anilines is 1. The van der Waals surface area contributed by atoms with E-state index in [1.54, 1.807) is 12.1 Å². The summed E-state index contributed by atoms with van der Waals surface area (Å²) in [6.45, 7) is 1.69. The van der Waals surface area contributed by atoms with Crippen molar-refractivity contribution in [2.24, 2.45) is 0 Å². The number of carbonyl (C=O) groups excluding carboxylic acids is 2. The maximum Gasteiger partial charge on any atom is 0.397 e. The molecule has 0 aliphatic carbocycles. The van der Waals surface area contributed by atoms with E-state index in [1.165, 1.54) is 12.1 Å². The summed E-state index contributed by atoms with van der Waals surface area (Å²) in [7, 11) is 0. The van der Waals surface area contributed by atoms with Gasteiger partial charge in [-0.25, -0.2) is 0 Å². The lowest BCUT2D eigenvalue weighted by atomic mass is 10.1. The third kappa shape index (κ3) is 7.64. The molecule has 0 unspecified atom stereocenters. The van der Waals surface area contributed by atoms with Gasteiger partial charge in [-0.2, -0.15) is 13.2 Å². The van der Waals surface area contributed by atoms with E-state index in [0.29, 0.717) is 12.0 Å². The Hall–Kier alpha value is -2.09. The number of aliphatic hydroxyl groups is 1. The van der Waals surface area contributed by atoms with E-state index in [4.69, 9.17) is 5.11 Å². The van der Waals surface area contributed by atoms with Crippen LogP contribution in [-0.4, -0.2) is 35.7 Å². The molecule has 0 aliphatic rings. The lowest BCUT2D eigenvalue weighted by molar-refractivity contribution is -0.150. The molecule has 1 atom stereocenters. The molecule has 0 bridgehead atoms. The highest BCUT2D eigenvalue weighted by molar-refractivity contribution is 5.91. The smallest absolute Gasteiger partial charge is 0.394 e. The van der Waals surface area contributed by atoms with E-state index in [9.17, 15) is 22.8 Å². The first-order chi connectivity index (χ1) is 10.7. The summed E-state index contributed by atoms with van der Waals surface area (Å²) in [5.74, 6) is -1.41. The SMILES string of the molecule is CC[C@H](CO)NC(=O)Cc1ccc(NC(=O)CC(F)(F)F)cc1. The van der Waals surface area contributed by atoms with Crippen molar-refractivity contribution in [3.63, 3.8) is 0 Å². The largest absolute Gasteiger partial charge is 0.397 e. The fourth-order valence-electron chi connectivity index (χ4n) is 1.83. The molecule has 1 aromatic rings. The number of amides is 2. The zero-order valence-electron chi connectivity index (χ0n) is 12.6. The summed E-state index contributed by atoms with van der Waals surface area (Å²) < 4.78 is 36.2. The lowest BCUT2D eigenvalue weighted by Crippen LogP contribution is -2.37. The summed E-state index contributed by atoms with van der Waals surface area (Å²) in [6, 6.07) is 5.65. The Labute approximate surface area is 131 Å². The van der Waals surface area contributed by atoms with Gasteiger partial charge in [-0.3, -0.25) is 9.59 Å². The van der Waals surface area contributed by atoms with Gasteiger partial charge in [-0.15, -0.1) is 0 Å². The minimum atomic E-state index is -4.55. The topological polar surface area (TPSA) is 78.4 Å². The summed E-state index contributed by atoms with van der Waals surface area (Å²) in [5.41, 5.74) is 0.870. The number of benzene rings is 1. The second-order valence-corrected chi connectivity index (χ2v) is 5.07. The van der Waals surface area contributed by atoms with E-state index in [1.807, 2.05) is 6.92 Å². The number of carbonyl (C=O) groups is 2. The highest BCUT2D eigenvalue weighted by Crippen LogP contribution is 2.20. The fraction of sp³-hybridized carbons (Fsp3) is 0.467. The molecule has 0 heterocycles. The molecule has 23 heavy (non-hydrogen) atoms. The summed E-state index contributed by atoms with van der Waals surface area (Å²) in [6.07, 6.45) is -5.42. The molecule has 0 aliphatic heterocycles. The van der Waals surface area contributed by atoms with Crippen LogP contribution in [0.25, 0.3) is 0 Å². The highest BCUT2D eigenvalue weighted by Gasteiger charge is 2.31. The molecule has 0 saturated carbocycles. The number of hydrogen-bond acceptors (Lipinski definition) is 3. The molecule has 5 nitrogen and oxygen atoms in total. The van der Waals surface area contributed by atoms with Gasteiger partial charge < -0.3 is 15.7 Å². The van der Waals surface area contributed by atoms with Crippen molar-refractivity contribution < 1.29 is 27.9 Å². The Morgan fingerprint density at radius 2 is 1.78 bits per heavy atom. The molecule has 0 fully saturated rings. The van der Waals surface area contributed by atoms with E-state index in [2.05, 4.69) is 10.6 Å². The van der Waals surface area contributed by atoms with Gasteiger partial charge in [-0.1, -0.05) is 19.1 Å². The van der Waals surface area contributed by atoms with Crippen molar-refractivity contribution >= 4 is 17.5 Å². The predicted molar refractivity (Wildman–Crippen MR) is 78.8 cm³/mol. The quantitative estimate of drug-likeness (QED) is 0.715. The molecular weight excluding hydrogens is 313 g/mol. The number of halogens is 3. The summed E-state index contributed by atoms with van der Waals surface area (Å²) in [5, 5.41) is 13.8. The van der Waals surface area contributed by atoms with Crippen LogP contribution < -0.4 is 10.6 Å². The molecule has 3 N–H and O–H groups in total. The van der Waals surface area contributed by atoms with Crippen LogP contribution in [0.1, 0.15) is 25.3 Å². The minimum Gasteiger partial charge on any atom is -0.394 e. The molecule has 1 aromatic carbocycles. The van der Waals surface area contributed by atoms with Gasteiger partial charge in [0, 0.05) is 5.69 Å². The summed E-state index contributed by atoms with van der Waals surface area (Å²) in [4.78, 5) is 22.9. The Balaban J connectivity index is 2.53. The molecule has 0 saturated heterocycles. The molecule has 0 radical (unpaired) electrons. The van der Waals surface area contributed by atoms with Crippen LogP contribution >= 0.6 is 0 Å². The van der Waals surface area contributed by atoms with Gasteiger partial charge in [-0.05, 0) is 24.1 Å². The van der Waals surface area contributed by atoms with Crippen molar-refractivity contribution in [3.05, 3.63) is 29.8 Å². The third-order valence-electron chi connectivity index (χ3n) is 3.04. The minimum absolute atomic E-state index is 0.0767. The maximum absolute atomic E-state index is 12.1. The monoisotopic (exact) mass is 332 g/mol. The maximum atomic E-state index is 12.1. The first-order valence-corrected chi connectivity index (χ1v) is 7.09. The number of hydrogen-bond donors (Lipinski definition) is 3. The van der Waals surface area contributed by atoms with Gasteiger partial charge in [0.25, 0.3) is 0 Å². The van der Waals surface area contributed by atoms with Crippen molar-refractivity contribution in [1.82, 2.24) is 5.32 Å². The molecule has 8 heteroatoms. The first-order valence-electron chi connectivity index (χ1n) is 7.09. The third-order valence-corrected chi connectivity index (χ3v) is 3.04. The van der Waals surface area contributed by atoms with Crippen molar-refractivity contribution in [2.45, 2.75) is 38.4 Å². The second-order valence-electron chi connectivity index (χ2n) is 5.07. The molecule has 0 spiro atoms. The number of aliphatic hydroxyl groups excluding tert-OH is 1. The number of nitrogens with one attached hydrogen (secondary N) is 2. The Kier molecular flexibility index (Phi) is 7.02. The Morgan fingerprint density at radius 3 is 2.26 bits per heavy atom. The van der Waals surface area contributed by atoms with Gasteiger partial charge in [0.05, 0.1) is 19.1 Å². The van der Waals surface area contributed by atoms with Crippen molar-refractivity contribution in [3.8, 4) is 0 Å². The van der Waals surface area contributed by atoms with Crippen LogP contribution in [0.3, 0.4) is 0 Å². The van der Waals surface area contributed by atoms with E-state index >= 15 is 0 Å². The van der Waals surface area contributed by atoms with Crippen LogP contribution in [0, 0.1) is 0 Å². The summed E-state index contributed by atoms with van der Waals surface area (Å²) >= 11 is 0. The average Bonchev–Trinajstić information content (AvgIpc) is 2.44. The van der Waals surface area contributed by atoms with Gasteiger partial charge in [0.15, 0.2) is 0 Å². The number of alkyl halides is 3. The van der Waals surface area contributed by atoms with Crippen molar-refractivity contribution in [1.29, 1.82) is 0 Å². The van der Waals surface area contributed by atoms with Gasteiger partial charge in [0.2, 0.25) is 11.8 Å². The standard InChI is InChI=1S/C15H19F3N2O3/c1-2-11(9-21)19-13(22)7-10-3-5-12(6-4-10)20-14(23)8-15(16,17)18/h3-6,11,21H,2,7-9H2,1H3,(H,19,22)(H,20,23)/t11-/m1/s1. The lowest BCUT2D eigenvalue weighted by Gasteiger charge is -2.14. The van der Waals surface area contributed by atoms with Crippen LogP contribution in [0.2, 0.25) is 0 Å². The average molecular weight is 332 g/mol. The first kappa shape index (κ1) is 19.0. The van der Waals surface area contributed by atoms with Crippen LogP contribution in [0.5, 0.6) is 0 Å². The fourth-order valence-corrected chi connectivity index (χ4v) is 1.83. The zero-order valence-corrected chi connectivity index (χ0v) is 12.6.